The standard InChI is InChI=1S/C12H10BrF2N5O3/c13-8-1-2-10(9(15)3-8)20-12(23)19(17-18-20)6-7(4-14)5-16-11(21)22/h1-4,16H,5-6H2,(H,21,22). The molecule has 0 aliphatic carbocycles. The highest BCUT2D eigenvalue weighted by Gasteiger charge is 2.14. The first-order valence-electron chi connectivity index (χ1n) is 6.15. The average molecular weight is 390 g/mol. The lowest BCUT2D eigenvalue weighted by atomic mass is 10.3. The highest BCUT2D eigenvalue weighted by Crippen LogP contribution is 2.16. The molecule has 0 aliphatic heterocycles. The monoisotopic (exact) mass is 389 g/mol. The van der Waals surface area contributed by atoms with E-state index in [1.54, 1.807) is 0 Å². The Morgan fingerprint density at radius 2 is 2.17 bits per heavy atom. The highest BCUT2D eigenvalue weighted by molar-refractivity contribution is 9.10. The fourth-order valence-corrected chi connectivity index (χ4v) is 2.02. The summed E-state index contributed by atoms with van der Waals surface area (Å²) in [6, 6.07) is 4.01. The van der Waals surface area contributed by atoms with Gasteiger partial charge in [0.15, 0.2) is 0 Å². The van der Waals surface area contributed by atoms with Gasteiger partial charge in [0.2, 0.25) is 0 Å². The van der Waals surface area contributed by atoms with E-state index in [1.165, 1.54) is 12.1 Å². The number of hydrogen-bond donors (Lipinski definition) is 2. The molecule has 0 aliphatic rings. The summed E-state index contributed by atoms with van der Waals surface area (Å²) >= 11 is 3.09. The van der Waals surface area contributed by atoms with E-state index >= 15 is 0 Å². The Hall–Kier alpha value is -2.56. The Bertz CT molecular complexity index is 817. The van der Waals surface area contributed by atoms with Crippen LogP contribution < -0.4 is 11.0 Å². The molecule has 0 bridgehead atoms. The number of amides is 1. The van der Waals surface area contributed by atoms with Crippen LogP contribution in [-0.2, 0) is 6.54 Å². The van der Waals surface area contributed by atoms with Crippen LogP contribution in [0.3, 0.4) is 0 Å². The van der Waals surface area contributed by atoms with Crippen molar-refractivity contribution in [2.24, 2.45) is 0 Å². The molecule has 2 rings (SSSR count). The van der Waals surface area contributed by atoms with Crippen molar-refractivity contribution in [3.8, 4) is 5.69 Å². The molecule has 0 atom stereocenters. The fourth-order valence-electron chi connectivity index (χ4n) is 1.69. The molecule has 2 N–H and O–H groups in total. The maximum absolute atomic E-state index is 13.9. The summed E-state index contributed by atoms with van der Waals surface area (Å²) in [7, 11) is 0. The van der Waals surface area contributed by atoms with Crippen LogP contribution in [0.15, 0.2) is 39.4 Å². The van der Waals surface area contributed by atoms with Gasteiger partial charge in [0, 0.05) is 11.0 Å². The Labute approximate surface area is 136 Å². The average Bonchev–Trinajstić information content (AvgIpc) is 2.84. The molecule has 0 saturated carbocycles. The minimum atomic E-state index is -1.34. The summed E-state index contributed by atoms with van der Waals surface area (Å²) in [4.78, 5) is 22.5. The second-order valence-electron chi connectivity index (χ2n) is 4.35. The van der Waals surface area contributed by atoms with Gasteiger partial charge in [-0.2, -0.15) is 9.36 Å². The van der Waals surface area contributed by atoms with Gasteiger partial charge in [-0.15, -0.1) is 0 Å². The molecule has 0 unspecified atom stereocenters. The van der Waals surface area contributed by atoms with Crippen LogP contribution in [0.25, 0.3) is 5.69 Å². The van der Waals surface area contributed by atoms with Gasteiger partial charge in [-0.25, -0.2) is 18.4 Å². The summed E-state index contributed by atoms with van der Waals surface area (Å²) in [5.74, 6) is -0.692. The second kappa shape index (κ2) is 7.13. The topological polar surface area (TPSA) is 102 Å². The summed E-state index contributed by atoms with van der Waals surface area (Å²) < 4.78 is 28.6. The summed E-state index contributed by atoms with van der Waals surface area (Å²) in [5, 5.41) is 17.5. The normalized spacial score (nSPS) is 11.5. The zero-order chi connectivity index (χ0) is 17.0. The Balaban J connectivity index is 2.25. The van der Waals surface area contributed by atoms with Gasteiger partial charge in [0.05, 0.1) is 12.9 Å². The van der Waals surface area contributed by atoms with E-state index < -0.39 is 17.6 Å². The molecule has 2 aromatic rings. The van der Waals surface area contributed by atoms with Crippen LogP contribution in [0.5, 0.6) is 0 Å². The lowest BCUT2D eigenvalue weighted by molar-refractivity contribution is 0.195. The van der Waals surface area contributed by atoms with Crippen LogP contribution in [-0.4, -0.2) is 37.5 Å². The van der Waals surface area contributed by atoms with Gasteiger partial charge in [-0.05, 0) is 34.2 Å². The number of benzene rings is 1. The molecular weight excluding hydrogens is 380 g/mol. The van der Waals surface area contributed by atoms with Gasteiger partial charge in [-0.1, -0.05) is 15.9 Å². The number of rotatable bonds is 5. The minimum absolute atomic E-state index is 0.0437. The van der Waals surface area contributed by atoms with E-state index in [9.17, 15) is 18.4 Å². The van der Waals surface area contributed by atoms with Crippen molar-refractivity contribution < 1.29 is 18.7 Å². The number of aromatic nitrogens is 4. The molecule has 11 heteroatoms. The van der Waals surface area contributed by atoms with Gasteiger partial charge < -0.3 is 10.4 Å². The van der Waals surface area contributed by atoms with Crippen molar-refractivity contribution in [3.63, 3.8) is 0 Å². The number of halogens is 3. The van der Waals surface area contributed by atoms with Gasteiger partial charge in [0.1, 0.15) is 11.5 Å². The molecular formula is C12H10BrF2N5O3. The number of carboxylic acid groups (broad SMARTS) is 1. The quantitative estimate of drug-likeness (QED) is 0.805. The molecule has 23 heavy (non-hydrogen) atoms. The highest BCUT2D eigenvalue weighted by atomic mass is 79.9. The van der Waals surface area contributed by atoms with Crippen LogP contribution in [0.2, 0.25) is 0 Å². The predicted octanol–water partition coefficient (Wildman–Crippen LogP) is 1.45. The lowest BCUT2D eigenvalue weighted by Gasteiger charge is -2.04. The molecule has 8 nitrogen and oxygen atoms in total. The van der Waals surface area contributed by atoms with Crippen LogP contribution in [0.1, 0.15) is 0 Å². The van der Waals surface area contributed by atoms with E-state index in [-0.39, 0.29) is 30.7 Å². The van der Waals surface area contributed by atoms with Gasteiger partial charge in [0.25, 0.3) is 0 Å². The first-order valence-corrected chi connectivity index (χ1v) is 6.95. The van der Waals surface area contributed by atoms with Crippen molar-refractivity contribution in [1.29, 1.82) is 0 Å². The Morgan fingerprint density at radius 1 is 1.43 bits per heavy atom. The third-order valence-electron chi connectivity index (χ3n) is 2.75. The molecule has 0 spiro atoms. The van der Waals surface area contributed by atoms with Crippen molar-refractivity contribution in [2.45, 2.75) is 6.54 Å². The Kier molecular flexibility index (Phi) is 5.21. The van der Waals surface area contributed by atoms with Crippen molar-refractivity contribution in [1.82, 2.24) is 25.1 Å². The largest absolute Gasteiger partial charge is 0.465 e. The molecule has 0 radical (unpaired) electrons. The van der Waals surface area contributed by atoms with Crippen LogP contribution in [0.4, 0.5) is 13.6 Å². The van der Waals surface area contributed by atoms with Crippen LogP contribution in [0, 0.1) is 5.82 Å². The van der Waals surface area contributed by atoms with Gasteiger partial charge >= 0.3 is 11.8 Å². The van der Waals surface area contributed by atoms with E-state index in [2.05, 4.69) is 26.4 Å². The number of carbonyl (C=O) groups is 1. The third-order valence-corrected chi connectivity index (χ3v) is 3.24. The summed E-state index contributed by atoms with van der Waals surface area (Å²) in [6.07, 6.45) is -1.17. The summed E-state index contributed by atoms with van der Waals surface area (Å²) in [5.41, 5.74) is -0.947. The zero-order valence-electron chi connectivity index (χ0n) is 11.4. The SMILES string of the molecule is O=C(O)NCC(=CF)Cn1nnn(-c2ccc(Br)cc2F)c1=O. The van der Waals surface area contributed by atoms with E-state index in [0.29, 0.717) is 4.47 Å². The first kappa shape index (κ1) is 16.8. The lowest BCUT2D eigenvalue weighted by Crippen LogP contribution is -2.29. The second-order valence-corrected chi connectivity index (χ2v) is 5.27. The Morgan fingerprint density at radius 3 is 2.78 bits per heavy atom. The first-order chi connectivity index (χ1) is 10.9. The van der Waals surface area contributed by atoms with Crippen LogP contribution >= 0.6 is 15.9 Å². The number of nitrogens with zero attached hydrogens (tertiary/aromatic N) is 4. The van der Waals surface area contributed by atoms with E-state index in [4.69, 9.17) is 5.11 Å². The molecule has 1 amide bonds. The van der Waals surface area contributed by atoms with Crippen molar-refractivity contribution in [3.05, 3.63) is 50.9 Å². The number of nitrogens with one attached hydrogen (secondary N) is 1. The molecule has 1 aromatic heterocycles. The minimum Gasteiger partial charge on any atom is -0.465 e. The molecule has 122 valence electrons. The molecule has 0 saturated heterocycles. The van der Waals surface area contributed by atoms with Crippen molar-refractivity contribution >= 4 is 22.0 Å². The number of hydrogen-bond acceptors (Lipinski definition) is 4. The third kappa shape index (κ3) is 4.00. The van der Waals surface area contributed by atoms with E-state index in [1.807, 2.05) is 5.32 Å². The predicted molar refractivity (Wildman–Crippen MR) is 78.5 cm³/mol. The maximum atomic E-state index is 13.9. The molecule has 0 fully saturated rings. The zero-order valence-corrected chi connectivity index (χ0v) is 13.0. The van der Waals surface area contributed by atoms with Gasteiger partial charge in [-0.3, -0.25) is 0 Å². The summed E-state index contributed by atoms with van der Waals surface area (Å²) in [6.45, 7) is -0.647. The van der Waals surface area contributed by atoms with E-state index in [0.717, 1.165) is 15.4 Å². The molecule has 1 aromatic carbocycles. The fraction of sp³-hybridized carbons (Fsp3) is 0.167. The smallest absolute Gasteiger partial charge is 0.404 e. The maximum Gasteiger partial charge on any atom is 0.404 e. The van der Waals surface area contributed by atoms with Crippen molar-refractivity contribution in [2.75, 3.05) is 6.54 Å². The number of tetrazole rings is 1. The molecule has 1 heterocycles.